The van der Waals surface area contributed by atoms with Crippen molar-refractivity contribution in [3.63, 3.8) is 0 Å². The highest BCUT2D eigenvalue weighted by molar-refractivity contribution is 6.05. The molecule has 2 N–H and O–H groups in total. The van der Waals surface area contributed by atoms with Gasteiger partial charge in [-0.3, -0.25) is 14.6 Å². The number of benzene rings is 2. The first-order valence-electron chi connectivity index (χ1n) is 8.69. The van der Waals surface area contributed by atoms with Crippen molar-refractivity contribution in [1.29, 1.82) is 0 Å². The Balaban J connectivity index is 1.63. The fourth-order valence-corrected chi connectivity index (χ4v) is 2.52. The van der Waals surface area contributed by atoms with Gasteiger partial charge in [0.2, 0.25) is 5.91 Å². The molecule has 3 rings (SSSR count). The summed E-state index contributed by atoms with van der Waals surface area (Å²) in [4.78, 5) is 28.2. The van der Waals surface area contributed by atoms with Crippen LogP contribution in [0.2, 0.25) is 0 Å². The number of pyridine rings is 1. The van der Waals surface area contributed by atoms with Crippen molar-refractivity contribution in [1.82, 2.24) is 4.98 Å². The lowest BCUT2D eigenvalue weighted by Gasteiger charge is -2.08. The summed E-state index contributed by atoms with van der Waals surface area (Å²) < 4.78 is 18.6. The van der Waals surface area contributed by atoms with Crippen LogP contribution in [0, 0.1) is 5.82 Å². The van der Waals surface area contributed by atoms with Crippen LogP contribution in [0.3, 0.4) is 0 Å². The van der Waals surface area contributed by atoms with Gasteiger partial charge in [0.25, 0.3) is 5.91 Å². The van der Waals surface area contributed by atoms with Crippen LogP contribution in [0.4, 0.5) is 15.8 Å². The quantitative estimate of drug-likeness (QED) is 0.619. The first-order valence-corrected chi connectivity index (χ1v) is 8.69. The molecule has 1 aromatic heterocycles. The molecule has 29 heavy (non-hydrogen) atoms. The third-order valence-corrected chi connectivity index (χ3v) is 3.91. The standard InChI is InChI=1S/C22H18FN3O3/c1-29-20-9-7-15(12-19(20)23)8-10-21(27)25-17-5-2-6-18(13-17)26-22(28)16-4-3-11-24-14-16/h2-14H,1H3,(H,25,27)(H,26,28)/b10-8+. The lowest BCUT2D eigenvalue weighted by atomic mass is 10.2. The molecule has 2 aromatic carbocycles. The van der Waals surface area contributed by atoms with Gasteiger partial charge in [0.15, 0.2) is 11.6 Å². The van der Waals surface area contributed by atoms with E-state index in [-0.39, 0.29) is 11.7 Å². The van der Waals surface area contributed by atoms with Crippen LogP contribution in [0.5, 0.6) is 5.75 Å². The number of carbonyl (C=O) groups excluding carboxylic acids is 2. The van der Waals surface area contributed by atoms with Crippen LogP contribution in [0.25, 0.3) is 6.08 Å². The molecule has 0 spiro atoms. The second-order valence-electron chi connectivity index (χ2n) is 5.99. The Morgan fingerprint density at radius 3 is 2.52 bits per heavy atom. The molecule has 0 radical (unpaired) electrons. The van der Waals surface area contributed by atoms with Gasteiger partial charge in [0, 0.05) is 29.8 Å². The Kier molecular flexibility index (Phi) is 6.32. The molecule has 0 aliphatic carbocycles. The molecule has 0 saturated heterocycles. The highest BCUT2D eigenvalue weighted by atomic mass is 19.1. The number of hydrogen-bond donors (Lipinski definition) is 2. The summed E-state index contributed by atoms with van der Waals surface area (Å²) >= 11 is 0. The molecule has 0 aliphatic heterocycles. The molecule has 0 saturated carbocycles. The molecule has 2 amide bonds. The number of ether oxygens (including phenoxy) is 1. The van der Waals surface area contributed by atoms with E-state index in [4.69, 9.17) is 4.74 Å². The van der Waals surface area contributed by atoms with Crippen LogP contribution in [0.1, 0.15) is 15.9 Å². The van der Waals surface area contributed by atoms with Crippen molar-refractivity contribution < 1.29 is 18.7 Å². The van der Waals surface area contributed by atoms with Crippen LogP contribution in [-0.4, -0.2) is 23.9 Å². The minimum atomic E-state index is -0.507. The Labute approximate surface area is 167 Å². The van der Waals surface area contributed by atoms with E-state index >= 15 is 0 Å². The predicted octanol–water partition coefficient (Wildman–Crippen LogP) is 4.13. The fourth-order valence-electron chi connectivity index (χ4n) is 2.52. The van der Waals surface area contributed by atoms with Crippen molar-refractivity contribution in [2.45, 2.75) is 0 Å². The van der Waals surface area contributed by atoms with Gasteiger partial charge < -0.3 is 15.4 Å². The molecule has 0 aliphatic rings. The zero-order valence-corrected chi connectivity index (χ0v) is 15.6. The first-order chi connectivity index (χ1) is 14.0. The third-order valence-electron chi connectivity index (χ3n) is 3.91. The zero-order chi connectivity index (χ0) is 20.6. The maximum Gasteiger partial charge on any atom is 0.257 e. The number of nitrogens with zero attached hydrogens (tertiary/aromatic N) is 1. The Morgan fingerprint density at radius 1 is 1.03 bits per heavy atom. The monoisotopic (exact) mass is 391 g/mol. The predicted molar refractivity (Wildman–Crippen MR) is 109 cm³/mol. The van der Waals surface area contributed by atoms with Crippen molar-refractivity contribution >= 4 is 29.3 Å². The molecule has 146 valence electrons. The first kappa shape index (κ1) is 19.8. The Bertz CT molecular complexity index is 1050. The number of carbonyl (C=O) groups is 2. The average Bonchev–Trinajstić information content (AvgIpc) is 2.73. The number of methoxy groups -OCH3 is 1. The largest absolute Gasteiger partial charge is 0.494 e. The Morgan fingerprint density at radius 2 is 1.83 bits per heavy atom. The number of hydrogen-bond acceptors (Lipinski definition) is 4. The molecule has 0 atom stereocenters. The van der Waals surface area contributed by atoms with Crippen molar-refractivity contribution in [2.75, 3.05) is 17.7 Å². The molecule has 0 unspecified atom stereocenters. The van der Waals surface area contributed by atoms with Gasteiger partial charge in [-0.05, 0) is 54.1 Å². The van der Waals surface area contributed by atoms with Gasteiger partial charge >= 0.3 is 0 Å². The lowest BCUT2D eigenvalue weighted by molar-refractivity contribution is -0.111. The van der Waals surface area contributed by atoms with E-state index in [0.29, 0.717) is 22.5 Å². The number of halogens is 1. The molecule has 1 heterocycles. The van der Waals surface area contributed by atoms with E-state index in [1.54, 1.807) is 48.7 Å². The smallest absolute Gasteiger partial charge is 0.257 e. The van der Waals surface area contributed by atoms with E-state index in [2.05, 4.69) is 15.6 Å². The number of amides is 2. The van der Waals surface area contributed by atoms with Crippen LogP contribution < -0.4 is 15.4 Å². The van der Waals surface area contributed by atoms with Gasteiger partial charge in [-0.15, -0.1) is 0 Å². The molecular formula is C22H18FN3O3. The summed E-state index contributed by atoms with van der Waals surface area (Å²) in [5.41, 5.74) is 1.98. The molecule has 0 bridgehead atoms. The van der Waals surface area contributed by atoms with Crippen LogP contribution in [0.15, 0.2) is 73.1 Å². The maximum absolute atomic E-state index is 13.7. The second-order valence-corrected chi connectivity index (χ2v) is 5.99. The zero-order valence-electron chi connectivity index (χ0n) is 15.6. The summed E-state index contributed by atoms with van der Waals surface area (Å²) in [6.07, 6.45) is 5.84. The van der Waals surface area contributed by atoms with E-state index in [0.717, 1.165) is 0 Å². The van der Waals surface area contributed by atoms with E-state index in [9.17, 15) is 14.0 Å². The number of aromatic nitrogens is 1. The van der Waals surface area contributed by atoms with Gasteiger partial charge in [0.1, 0.15) is 0 Å². The molecule has 6 nitrogen and oxygen atoms in total. The molecule has 0 fully saturated rings. The van der Waals surface area contributed by atoms with Crippen LogP contribution in [-0.2, 0) is 4.79 Å². The second kappa shape index (κ2) is 9.27. The van der Waals surface area contributed by atoms with Gasteiger partial charge in [-0.1, -0.05) is 12.1 Å². The van der Waals surface area contributed by atoms with Gasteiger partial charge in [0.05, 0.1) is 12.7 Å². The van der Waals surface area contributed by atoms with Crippen molar-refractivity contribution in [3.05, 3.63) is 90.0 Å². The summed E-state index contributed by atoms with van der Waals surface area (Å²) in [5.74, 6) is -1.07. The number of rotatable bonds is 6. The van der Waals surface area contributed by atoms with E-state index < -0.39 is 11.7 Å². The topological polar surface area (TPSA) is 80.3 Å². The Hall–Kier alpha value is -4.00. The normalized spacial score (nSPS) is 10.6. The number of nitrogens with one attached hydrogen (secondary N) is 2. The molecular weight excluding hydrogens is 373 g/mol. The average molecular weight is 391 g/mol. The van der Waals surface area contributed by atoms with E-state index in [1.165, 1.54) is 37.6 Å². The third kappa shape index (κ3) is 5.49. The number of anilines is 2. The summed E-state index contributed by atoms with van der Waals surface area (Å²) in [6, 6.07) is 14.5. The summed E-state index contributed by atoms with van der Waals surface area (Å²) in [5, 5.41) is 5.44. The van der Waals surface area contributed by atoms with Crippen LogP contribution >= 0.6 is 0 Å². The van der Waals surface area contributed by atoms with Crippen molar-refractivity contribution in [2.24, 2.45) is 0 Å². The highest BCUT2D eigenvalue weighted by Crippen LogP contribution is 2.19. The van der Waals surface area contributed by atoms with Crippen molar-refractivity contribution in [3.8, 4) is 5.75 Å². The summed E-state index contributed by atoms with van der Waals surface area (Å²) in [6.45, 7) is 0. The highest BCUT2D eigenvalue weighted by Gasteiger charge is 2.07. The molecule has 7 heteroatoms. The van der Waals surface area contributed by atoms with E-state index in [1.807, 2.05) is 0 Å². The minimum Gasteiger partial charge on any atom is -0.494 e. The minimum absolute atomic E-state index is 0.136. The maximum atomic E-state index is 13.7. The fraction of sp³-hybridized carbons (Fsp3) is 0.0455. The van der Waals surface area contributed by atoms with Gasteiger partial charge in [-0.2, -0.15) is 0 Å². The van der Waals surface area contributed by atoms with Gasteiger partial charge in [-0.25, -0.2) is 4.39 Å². The summed E-state index contributed by atoms with van der Waals surface area (Å²) in [7, 11) is 1.38. The SMILES string of the molecule is COc1ccc(/C=C/C(=O)Nc2cccc(NC(=O)c3cccnc3)c2)cc1F. The lowest BCUT2D eigenvalue weighted by Crippen LogP contribution is -2.13. The molecule has 3 aromatic rings.